The molecule has 134 valence electrons. The predicted octanol–water partition coefficient (Wildman–Crippen LogP) is 1.61. The minimum absolute atomic E-state index is 0.0315. The van der Waals surface area contributed by atoms with E-state index >= 15 is 0 Å². The normalized spacial score (nSPS) is 18.1. The number of carbonyl (C=O) groups excluding carboxylic acids is 1. The molecule has 1 unspecified atom stereocenters. The van der Waals surface area contributed by atoms with E-state index < -0.39 is 0 Å². The van der Waals surface area contributed by atoms with E-state index in [1.54, 1.807) is 6.20 Å². The molecule has 1 saturated heterocycles. The summed E-state index contributed by atoms with van der Waals surface area (Å²) in [6, 6.07) is 6.05. The summed E-state index contributed by atoms with van der Waals surface area (Å²) in [5, 5.41) is 3.40. The maximum Gasteiger partial charge on any atom is 0.249 e. The molecule has 1 aromatic rings. The molecule has 1 aliphatic rings. The van der Waals surface area contributed by atoms with Gasteiger partial charge in [0.25, 0.3) is 0 Å². The fourth-order valence-electron chi connectivity index (χ4n) is 2.90. The molecule has 1 fully saturated rings. The molecular weight excluding hydrogens is 306 g/mol. The van der Waals surface area contributed by atoms with Gasteiger partial charge in [-0.15, -0.1) is 0 Å². The fraction of sp³-hybridized carbons (Fsp3) is 0.667. The van der Waals surface area contributed by atoms with Crippen molar-refractivity contribution in [2.75, 3.05) is 39.5 Å². The van der Waals surface area contributed by atoms with E-state index in [1.165, 1.54) is 0 Å². The summed E-state index contributed by atoms with van der Waals surface area (Å²) in [7, 11) is 0. The van der Waals surface area contributed by atoms with Crippen LogP contribution in [0.1, 0.15) is 31.9 Å². The molecule has 0 saturated carbocycles. The Balaban J connectivity index is 1.94. The van der Waals surface area contributed by atoms with Crippen LogP contribution in [0.4, 0.5) is 0 Å². The zero-order chi connectivity index (χ0) is 17.0. The predicted molar refractivity (Wildman–Crippen MR) is 92.6 cm³/mol. The van der Waals surface area contributed by atoms with E-state index in [0.29, 0.717) is 26.4 Å². The zero-order valence-electron chi connectivity index (χ0n) is 14.6. The summed E-state index contributed by atoms with van der Waals surface area (Å²) in [6.07, 6.45) is 4.84. The molecule has 6 heteroatoms. The van der Waals surface area contributed by atoms with Crippen molar-refractivity contribution in [2.45, 2.75) is 38.8 Å². The molecule has 1 aliphatic heterocycles. The minimum Gasteiger partial charge on any atom is -0.379 e. The lowest BCUT2D eigenvalue weighted by Crippen LogP contribution is -2.42. The molecular formula is C18H29N3O3. The third-order valence-corrected chi connectivity index (χ3v) is 4.17. The number of nitrogens with zero attached hydrogens (tertiary/aromatic N) is 2. The third-order valence-electron chi connectivity index (χ3n) is 4.17. The number of hydrogen-bond donors (Lipinski definition) is 1. The Bertz CT molecular complexity index is 462. The molecule has 0 radical (unpaired) electrons. The largest absolute Gasteiger partial charge is 0.379 e. The molecule has 2 heterocycles. The highest BCUT2D eigenvalue weighted by Gasteiger charge is 2.25. The van der Waals surface area contributed by atoms with Crippen molar-refractivity contribution in [3.8, 4) is 0 Å². The Hall–Kier alpha value is -1.50. The van der Waals surface area contributed by atoms with Gasteiger partial charge in [0.05, 0.1) is 25.5 Å². The lowest BCUT2D eigenvalue weighted by Gasteiger charge is -2.31. The van der Waals surface area contributed by atoms with E-state index in [9.17, 15) is 4.79 Å². The van der Waals surface area contributed by atoms with Crippen molar-refractivity contribution in [2.24, 2.45) is 0 Å². The highest BCUT2D eigenvalue weighted by atomic mass is 16.5. The van der Waals surface area contributed by atoms with Gasteiger partial charge in [0.1, 0.15) is 6.61 Å². The molecule has 0 aromatic carbocycles. The van der Waals surface area contributed by atoms with Gasteiger partial charge >= 0.3 is 0 Å². The van der Waals surface area contributed by atoms with Gasteiger partial charge in [-0.2, -0.15) is 0 Å². The Labute approximate surface area is 144 Å². The highest BCUT2D eigenvalue weighted by molar-refractivity contribution is 5.77. The van der Waals surface area contributed by atoms with Crippen LogP contribution < -0.4 is 5.32 Å². The molecule has 0 bridgehead atoms. The number of pyridine rings is 1. The van der Waals surface area contributed by atoms with Crippen molar-refractivity contribution >= 4 is 5.91 Å². The summed E-state index contributed by atoms with van der Waals surface area (Å²) in [4.78, 5) is 19.0. The number of aromatic nitrogens is 1. The van der Waals surface area contributed by atoms with Crippen molar-refractivity contribution < 1.29 is 14.3 Å². The number of amides is 1. The SMILES string of the molecule is CCOCCOCC(=O)N(Cc1ccccn1)C1CCCNCC1. The zero-order valence-corrected chi connectivity index (χ0v) is 14.6. The number of hydrogen-bond acceptors (Lipinski definition) is 5. The topological polar surface area (TPSA) is 63.7 Å². The first kappa shape index (κ1) is 18.8. The molecule has 0 aliphatic carbocycles. The van der Waals surface area contributed by atoms with Crippen LogP contribution in [0, 0.1) is 0 Å². The molecule has 2 rings (SSSR count). The second-order valence-corrected chi connectivity index (χ2v) is 5.93. The first-order valence-electron chi connectivity index (χ1n) is 8.87. The molecule has 0 spiro atoms. The minimum atomic E-state index is 0.0315. The van der Waals surface area contributed by atoms with Crippen LogP contribution in [0.3, 0.4) is 0 Å². The van der Waals surface area contributed by atoms with Crippen molar-refractivity contribution in [1.82, 2.24) is 15.2 Å². The van der Waals surface area contributed by atoms with Crippen LogP contribution in [-0.4, -0.2) is 61.3 Å². The van der Waals surface area contributed by atoms with Crippen LogP contribution in [0.25, 0.3) is 0 Å². The van der Waals surface area contributed by atoms with Gasteiger partial charge in [0.2, 0.25) is 5.91 Å². The summed E-state index contributed by atoms with van der Waals surface area (Å²) < 4.78 is 10.7. The van der Waals surface area contributed by atoms with Crippen LogP contribution >= 0.6 is 0 Å². The van der Waals surface area contributed by atoms with E-state index in [1.807, 2.05) is 30.0 Å². The van der Waals surface area contributed by atoms with E-state index in [0.717, 1.165) is 38.0 Å². The summed E-state index contributed by atoms with van der Waals surface area (Å²) >= 11 is 0. The average molecular weight is 335 g/mol. The van der Waals surface area contributed by atoms with Gasteiger partial charge in [-0.1, -0.05) is 6.07 Å². The molecule has 1 amide bonds. The number of nitrogens with one attached hydrogen (secondary N) is 1. The number of carbonyl (C=O) groups is 1. The summed E-state index contributed by atoms with van der Waals surface area (Å²) in [5.74, 6) is 0.0315. The Morgan fingerprint density at radius 2 is 2.17 bits per heavy atom. The van der Waals surface area contributed by atoms with Gasteiger partial charge in [0.15, 0.2) is 0 Å². The monoisotopic (exact) mass is 335 g/mol. The van der Waals surface area contributed by atoms with Crippen LogP contribution in [0.15, 0.2) is 24.4 Å². The van der Waals surface area contributed by atoms with Gasteiger partial charge in [-0.3, -0.25) is 9.78 Å². The Morgan fingerprint density at radius 3 is 2.96 bits per heavy atom. The number of rotatable bonds is 9. The summed E-state index contributed by atoms with van der Waals surface area (Å²) in [6.45, 7) is 6.19. The molecule has 6 nitrogen and oxygen atoms in total. The second-order valence-electron chi connectivity index (χ2n) is 5.93. The second kappa shape index (κ2) is 11.1. The fourth-order valence-corrected chi connectivity index (χ4v) is 2.90. The van der Waals surface area contributed by atoms with Gasteiger partial charge in [-0.05, 0) is 51.4 Å². The van der Waals surface area contributed by atoms with Crippen molar-refractivity contribution in [3.05, 3.63) is 30.1 Å². The van der Waals surface area contributed by atoms with Gasteiger partial charge < -0.3 is 19.7 Å². The first-order valence-corrected chi connectivity index (χ1v) is 8.87. The number of ether oxygens (including phenoxy) is 2. The van der Waals surface area contributed by atoms with Crippen LogP contribution in [0.5, 0.6) is 0 Å². The first-order chi connectivity index (χ1) is 11.8. The molecule has 24 heavy (non-hydrogen) atoms. The van der Waals surface area contributed by atoms with E-state index in [4.69, 9.17) is 9.47 Å². The molecule has 1 N–H and O–H groups in total. The molecule has 1 atom stereocenters. The molecule has 1 aromatic heterocycles. The standard InChI is InChI=1S/C18H29N3O3/c1-2-23-12-13-24-15-18(22)21(14-16-6-3-4-10-20-16)17-7-5-9-19-11-8-17/h3-4,6,10,17,19H,2,5,7-9,11-15H2,1H3. The van der Waals surface area contributed by atoms with Crippen molar-refractivity contribution in [1.29, 1.82) is 0 Å². The quantitative estimate of drug-likeness (QED) is 0.695. The smallest absolute Gasteiger partial charge is 0.249 e. The van der Waals surface area contributed by atoms with Crippen LogP contribution in [0.2, 0.25) is 0 Å². The highest BCUT2D eigenvalue weighted by Crippen LogP contribution is 2.16. The maximum atomic E-state index is 12.7. The van der Waals surface area contributed by atoms with Gasteiger partial charge in [0, 0.05) is 18.8 Å². The lowest BCUT2D eigenvalue weighted by molar-refractivity contribution is -0.140. The van der Waals surface area contributed by atoms with Gasteiger partial charge in [-0.25, -0.2) is 0 Å². The third kappa shape index (κ3) is 6.55. The Kier molecular flexibility index (Phi) is 8.73. The summed E-state index contributed by atoms with van der Waals surface area (Å²) in [5.41, 5.74) is 0.914. The van der Waals surface area contributed by atoms with Crippen molar-refractivity contribution in [3.63, 3.8) is 0 Å². The average Bonchev–Trinajstić information content (AvgIpc) is 2.89. The van der Waals surface area contributed by atoms with Crippen LogP contribution in [-0.2, 0) is 20.8 Å². The maximum absolute atomic E-state index is 12.7. The lowest BCUT2D eigenvalue weighted by atomic mass is 10.1. The Morgan fingerprint density at radius 1 is 1.29 bits per heavy atom. The van der Waals surface area contributed by atoms with E-state index in [2.05, 4.69) is 10.3 Å². The van der Waals surface area contributed by atoms with E-state index in [-0.39, 0.29) is 18.6 Å².